The molecule has 2 N–H and O–H groups in total. The summed E-state index contributed by atoms with van der Waals surface area (Å²) < 4.78 is 0. The molecule has 0 saturated heterocycles. The molecule has 0 fully saturated rings. The summed E-state index contributed by atoms with van der Waals surface area (Å²) in [6, 6.07) is 10.8. The lowest BCUT2D eigenvalue weighted by atomic mass is 9.99. The number of anilines is 1. The number of rotatable bonds is 7. The van der Waals surface area contributed by atoms with E-state index in [2.05, 4.69) is 75.7 Å². The van der Waals surface area contributed by atoms with Crippen LogP contribution in [-0.4, -0.2) is 12.2 Å². The second-order valence-corrected chi connectivity index (χ2v) is 7.35. The molecule has 2 rings (SSSR count). The second kappa shape index (κ2) is 14.7. The molecule has 0 atom stereocenters. The van der Waals surface area contributed by atoms with Crippen LogP contribution in [0.3, 0.4) is 0 Å². The van der Waals surface area contributed by atoms with Crippen molar-refractivity contribution in [1.82, 2.24) is 0 Å². The zero-order valence-corrected chi connectivity index (χ0v) is 19.9. The number of nitrogens with one attached hydrogen (secondary N) is 1. The molecule has 2 aromatic rings. The molecule has 0 unspecified atom stereocenters. The molecule has 0 amide bonds. The molecule has 2 nitrogen and oxygen atoms in total. The first-order chi connectivity index (χ1) is 14.0. The van der Waals surface area contributed by atoms with Crippen LogP contribution in [0, 0.1) is 13.8 Å². The summed E-state index contributed by atoms with van der Waals surface area (Å²) in [6.45, 7) is 20.8. The van der Waals surface area contributed by atoms with Gasteiger partial charge in [-0.15, -0.1) is 0 Å². The summed E-state index contributed by atoms with van der Waals surface area (Å²) in [5.74, 6) is 0. The average molecular weight is 412 g/mol. The molecule has 0 aliphatic heterocycles. The molecule has 3 heteroatoms. The van der Waals surface area contributed by atoms with Gasteiger partial charge in [0.25, 0.3) is 0 Å². The van der Waals surface area contributed by atoms with Gasteiger partial charge >= 0.3 is 0 Å². The molecular weight excluding hydrogens is 374 g/mol. The number of allylic oxidation sites excluding steroid dienone is 4. The third kappa shape index (κ3) is 7.96. The number of aliphatic hydroxyl groups is 1. The Balaban J connectivity index is 0.00000184. The Morgan fingerprint density at radius 3 is 2.21 bits per heavy atom. The predicted octanol–water partition coefficient (Wildman–Crippen LogP) is 8.13. The Bertz CT molecular complexity index is 862. The first kappa shape index (κ1) is 26.8. The molecule has 0 saturated carbocycles. The van der Waals surface area contributed by atoms with Crippen LogP contribution in [0.4, 0.5) is 5.69 Å². The largest absolute Gasteiger partial charge is 0.400 e. The van der Waals surface area contributed by atoms with E-state index >= 15 is 0 Å². The van der Waals surface area contributed by atoms with Crippen molar-refractivity contribution in [2.24, 2.45) is 0 Å². The number of thioether (sulfide) groups is 1. The molecule has 2 aromatic carbocycles. The number of fused-ring (bicyclic) bond motifs is 1. The Morgan fingerprint density at radius 1 is 1.07 bits per heavy atom. The van der Waals surface area contributed by atoms with E-state index in [-0.39, 0.29) is 0 Å². The van der Waals surface area contributed by atoms with Crippen molar-refractivity contribution in [2.45, 2.75) is 48.0 Å². The third-order valence-corrected chi connectivity index (χ3v) is 5.17. The zero-order valence-electron chi connectivity index (χ0n) is 19.1. The van der Waals surface area contributed by atoms with Crippen molar-refractivity contribution >= 4 is 28.2 Å². The van der Waals surface area contributed by atoms with E-state index in [1.807, 2.05) is 32.9 Å². The van der Waals surface area contributed by atoms with Gasteiger partial charge in [-0.3, -0.25) is 0 Å². The van der Waals surface area contributed by atoms with E-state index in [1.165, 1.54) is 21.9 Å². The zero-order chi connectivity index (χ0) is 22.4. The lowest BCUT2D eigenvalue weighted by Gasteiger charge is -2.18. The molecule has 29 heavy (non-hydrogen) atoms. The Labute approximate surface area is 182 Å². The van der Waals surface area contributed by atoms with Gasteiger partial charge in [0.1, 0.15) is 0 Å². The normalized spacial score (nSPS) is 10.7. The Kier molecular flexibility index (Phi) is 13.6. The lowest BCUT2D eigenvalue weighted by Crippen LogP contribution is -2.03. The summed E-state index contributed by atoms with van der Waals surface area (Å²) in [4.78, 5) is 2.10. The van der Waals surface area contributed by atoms with Gasteiger partial charge in [0.05, 0.1) is 5.70 Å². The van der Waals surface area contributed by atoms with E-state index in [0.29, 0.717) is 0 Å². The summed E-state index contributed by atoms with van der Waals surface area (Å²) in [5.41, 5.74) is 4.68. The summed E-state index contributed by atoms with van der Waals surface area (Å²) in [7, 11) is 1.00. The highest BCUT2D eigenvalue weighted by Gasteiger charge is 2.11. The monoisotopic (exact) mass is 411 g/mol. The topological polar surface area (TPSA) is 32.3 Å². The third-order valence-electron chi connectivity index (χ3n) is 4.13. The standard InChI is InChI=1S/C23H27NS.C2H6.CH4O/c1-7-9-14-22(19(6)25-18(5)8-2)24-23-17(4)15-16(3)20-12-10-11-13-21(20)23;2*1-2/h7,9-15,24H,5-6,8H2,1-4H3;1-2H3;2H,1H3/b9-7-,22-14+;;. The molecule has 0 aliphatic carbocycles. The highest BCUT2D eigenvalue weighted by molar-refractivity contribution is 8.06. The molecule has 0 radical (unpaired) electrons. The first-order valence-electron chi connectivity index (χ1n) is 10.1. The van der Waals surface area contributed by atoms with Gasteiger partial charge in [-0.25, -0.2) is 0 Å². The molecule has 0 heterocycles. The van der Waals surface area contributed by atoms with Crippen molar-refractivity contribution in [1.29, 1.82) is 0 Å². The number of hydrogen-bond donors (Lipinski definition) is 2. The molecule has 0 aromatic heterocycles. The Morgan fingerprint density at radius 2 is 1.66 bits per heavy atom. The summed E-state index contributed by atoms with van der Waals surface area (Å²) in [6.07, 6.45) is 7.07. The maximum atomic E-state index is 7.00. The van der Waals surface area contributed by atoms with Crippen molar-refractivity contribution in [2.75, 3.05) is 12.4 Å². The van der Waals surface area contributed by atoms with Gasteiger partial charge in [-0.05, 0) is 54.7 Å². The van der Waals surface area contributed by atoms with E-state index in [1.54, 1.807) is 11.8 Å². The van der Waals surface area contributed by atoms with Gasteiger partial charge in [-0.2, -0.15) is 0 Å². The Hall–Kier alpha value is -2.23. The minimum atomic E-state index is 0.938. The van der Waals surface area contributed by atoms with Gasteiger partial charge < -0.3 is 10.4 Å². The van der Waals surface area contributed by atoms with Crippen LogP contribution in [0.25, 0.3) is 10.8 Å². The molecular formula is C26H37NOS. The SMILES string of the molecule is C=C(CC)SC(=C)/C(=C\C=C/C)Nc1c(C)cc(C)c2ccccc12.CC.CO. The number of benzene rings is 2. The van der Waals surface area contributed by atoms with E-state index in [9.17, 15) is 0 Å². The van der Waals surface area contributed by atoms with Gasteiger partial charge in [0, 0.05) is 23.1 Å². The molecule has 158 valence electrons. The molecule has 0 bridgehead atoms. The van der Waals surface area contributed by atoms with Crippen LogP contribution in [0.1, 0.15) is 45.2 Å². The fourth-order valence-corrected chi connectivity index (χ4v) is 3.45. The van der Waals surface area contributed by atoms with Crippen LogP contribution in [0.5, 0.6) is 0 Å². The minimum absolute atomic E-state index is 0.938. The fourth-order valence-electron chi connectivity index (χ4n) is 2.73. The maximum Gasteiger partial charge on any atom is 0.0519 e. The van der Waals surface area contributed by atoms with Gasteiger partial charge in [-0.1, -0.05) is 88.2 Å². The van der Waals surface area contributed by atoms with Crippen molar-refractivity contribution in [3.05, 3.63) is 88.4 Å². The maximum absolute atomic E-state index is 7.00. The number of aliphatic hydroxyl groups excluding tert-OH is 1. The first-order valence-corrected chi connectivity index (χ1v) is 10.9. The van der Waals surface area contributed by atoms with E-state index in [0.717, 1.165) is 34.7 Å². The summed E-state index contributed by atoms with van der Waals surface area (Å²) >= 11 is 1.64. The van der Waals surface area contributed by atoms with Crippen LogP contribution in [0.15, 0.2) is 77.2 Å². The van der Waals surface area contributed by atoms with Gasteiger partial charge in [0.15, 0.2) is 0 Å². The molecule has 0 spiro atoms. The fraction of sp³-hybridized carbons (Fsp3) is 0.308. The van der Waals surface area contributed by atoms with E-state index in [4.69, 9.17) is 5.11 Å². The van der Waals surface area contributed by atoms with Crippen LogP contribution in [-0.2, 0) is 0 Å². The average Bonchev–Trinajstić information content (AvgIpc) is 2.75. The van der Waals surface area contributed by atoms with Crippen LogP contribution >= 0.6 is 11.8 Å². The molecule has 0 aliphatic rings. The lowest BCUT2D eigenvalue weighted by molar-refractivity contribution is 0.399. The van der Waals surface area contributed by atoms with E-state index < -0.39 is 0 Å². The van der Waals surface area contributed by atoms with Crippen molar-refractivity contribution in [3.63, 3.8) is 0 Å². The summed E-state index contributed by atoms with van der Waals surface area (Å²) in [5, 5.41) is 13.1. The number of aryl methyl sites for hydroxylation is 2. The predicted molar refractivity (Wildman–Crippen MR) is 136 cm³/mol. The quantitative estimate of drug-likeness (QED) is 0.451. The van der Waals surface area contributed by atoms with Crippen LogP contribution < -0.4 is 5.32 Å². The van der Waals surface area contributed by atoms with Crippen molar-refractivity contribution in [3.8, 4) is 0 Å². The smallest absolute Gasteiger partial charge is 0.0519 e. The minimum Gasteiger partial charge on any atom is -0.400 e. The van der Waals surface area contributed by atoms with Crippen molar-refractivity contribution < 1.29 is 5.11 Å². The number of hydrogen-bond acceptors (Lipinski definition) is 3. The van der Waals surface area contributed by atoms with Crippen LogP contribution in [0.2, 0.25) is 0 Å². The van der Waals surface area contributed by atoms with Gasteiger partial charge in [0.2, 0.25) is 0 Å². The highest BCUT2D eigenvalue weighted by atomic mass is 32.2. The highest BCUT2D eigenvalue weighted by Crippen LogP contribution is 2.35. The second-order valence-electron chi connectivity index (χ2n) is 6.08.